The number of aryl methyl sites for hydroxylation is 1. The van der Waals surface area contributed by atoms with Gasteiger partial charge in [0.25, 0.3) is 5.91 Å². The van der Waals surface area contributed by atoms with Crippen molar-refractivity contribution in [3.05, 3.63) is 77.9 Å². The van der Waals surface area contributed by atoms with Crippen LogP contribution >= 0.6 is 11.8 Å². The summed E-state index contributed by atoms with van der Waals surface area (Å²) in [4.78, 5) is 25.6. The number of hydrogen-bond acceptors (Lipinski definition) is 5. The third-order valence-electron chi connectivity index (χ3n) is 4.40. The average molecular weight is 420 g/mol. The van der Waals surface area contributed by atoms with E-state index in [-0.39, 0.29) is 24.4 Å². The van der Waals surface area contributed by atoms with E-state index < -0.39 is 0 Å². The first-order valence-electron chi connectivity index (χ1n) is 9.37. The molecule has 1 heterocycles. The molecule has 0 unspecified atom stereocenters. The van der Waals surface area contributed by atoms with Gasteiger partial charge in [-0.1, -0.05) is 23.8 Å². The van der Waals surface area contributed by atoms with Gasteiger partial charge in [-0.2, -0.15) is 0 Å². The number of carbonyl (C=O) groups is 2. The van der Waals surface area contributed by atoms with Crippen LogP contribution in [0, 0.1) is 6.92 Å². The van der Waals surface area contributed by atoms with Crippen LogP contribution in [0.3, 0.4) is 0 Å². The van der Waals surface area contributed by atoms with Crippen molar-refractivity contribution >= 4 is 35.0 Å². The molecule has 0 saturated carbocycles. The van der Waals surface area contributed by atoms with Gasteiger partial charge in [-0.05, 0) is 49.4 Å². The first-order chi connectivity index (χ1) is 14.6. The van der Waals surface area contributed by atoms with Crippen molar-refractivity contribution in [3.8, 4) is 11.5 Å². The normalized spacial score (nSPS) is 11.8. The third-order valence-corrected chi connectivity index (χ3v) is 5.39. The van der Waals surface area contributed by atoms with Gasteiger partial charge in [-0.15, -0.1) is 11.8 Å². The van der Waals surface area contributed by atoms with Gasteiger partial charge in [0.1, 0.15) is 0 Å². The van der Waals surface area contributed by atoms with Gasteiger partial charge in [0.15, 0.2) is 11.5 Å². The number of amides is 2. The van der Waals surface area contributed by atoms with E-state index in [1.54, 1.807) is 24.3 Å². The number of benzene rings is 3. The molecule has 7 heteroatoms. The maximum atomic E-state index is 12.4. The fourth-order valence-corrected chi connectivity index (χ4v) is 3.73. The lowest BCUT2D eigenvalue weighted by Gasteiger charge is -2.09. The van der Waals surface area contributed by atoms with Gasteiger partial charge >= 0.3 is 0 Å². The molecule has 0 saturated heterocycles. The van der Waals surface area contributed by atoms with Gasteiger partial charge in [-0.3, -0.25) is 9.59 Å². The highest BCUT2D eigenvalue weighted by molar-refractivity contribution is 8.00. The lowest BCUT2D eigenvalue weighted by molar-refractivity contribution is -0.113. The molecule has 0 fully saturated rings. The van der Waals surface area contributed by atoms with Gasteiger partial charge in [0.05, 0.1) is 5.75 Å². The fraction of sp³-hybridized carbons (Fsp3) is 0.130. The zero-order chi connectivity index (χ0) is 20.9. The van der Waals surface area contributed by atoms with Crippen molar-refractivity contribution in [2.75, 3.05) is 23.2 Å². The van der Waals surface area contributed by atoms with Gasteiger partial charge < -0.3 is 20.1 Å². The van der Waals surface area contributed by atoms with E-state index in [9.17, 15) is 9.59 Å². The maximum Gasteiger partial charge on any atom is 0.255 e. The fourth-order valence-electron chi connectivity index (χ4n) is 2.97. The van der Waals surface area contributed by atoms with Crippen LogP contribution in [-0.4, -0.2) is 24.4 Å². The molecule has 0 spiro atoms. The molecule has 0 aliphatic carbocycles. The van der Waals surface area contributed by atoms with E-state index in [4.69, 9.17) is 9.47 Å². The molecular weight excluding hydrogens is 400 g/mol. The molecule has 0 radical (unpaired) electrons. The number of hydrogen-bond donors (Lipinski definition) is 2. The predicted octanol–water partition coefficient (Wildman–Crippen LogP) is 4.71. The van der Waals surface area contributed by atoms with Crippen molar-refractivity contribution in [1.82, 2.24) is 0 Å². The summed E-state index contributed by atoms with van der Waals surface area (Å²) >= 11 is 1.39. The zero-order valence-corrected chi connectivity index (χ0v) is 17.1. The van der Waals surface area contributed by atoms with Crippen molar-refractivity contribution < 1.29 is 19.1 Å². The number of fused-ring (bicyclic) bond motifs is 1. The summed E-state index contributed by atoms with van der Waals surface area (Å²) in [5, 5.41) is 5.75. The molecule has 30 heavy (non-hydrogen) atoms. The molecule has 6 nitrogen and oxygen atoms in total. The number of ether oxygens (including phenoxy) is 2. The van der Waals surface area contributed by atoms with Crippen LogP contribution in [0.1, 0.15) is 15.9 Å². The number of rotatable bonds is 6. The van der Waals surface area contributed by atoms with E-state index in [1.165, 1.54) is 11.8 Å². The topological polar surface area (TPSA) is 76.7 Å². The van der Waals surface area contributed by atoms with Gasteiger partial charge in [0, 0.05) is 27.9 Å². The molecule has 3 aromatic rings. The van der Waals surface area contributed by atoms with Crippen molar-refractivity contribution in [3.63, 3.8) is 0 Å². The number of thioether (sulfide) groups is 1. The molecule has 0 bridgehead atoms. The Hall–Kier alpha value is -3.45. The smallest absolute Gasteiger partial charge is 0.255 e. The third kappa shape index (κ3) is 4.93. The van der Waals surface area contributed by atoms with Crippen molar-refractivity contribution in [1.29, 1.82) is 0 Å². The van der Waals surface area contributed by atoms with Crippen LogP contribution in [0.5, 0.6) is 11.5 Å². The lowest BCUT2D eigenvalue weighted by atomic mass is 10.1. The SMILES string of the molecule is Cc1cccc(C(=O)Nc2cccc(SCC(=O)Nc3ccc4c(c3)OCO4)c2)c1. The highest BCUT2D eigenvalue weighted by Gasteiger charge is 2.14. The van der Waals surface area contributed by atoms with E-state index in [0.717, 1.165) is 10.5 Å². The highest BCUT2D eigenvalue weighted by atomic mass is 32.2. The second-order valence-electron chi connectivity index (χ2n) is 6.76. The van der Waals surface area contributed by atoms with Gasteiger partial charge in [-0.25, -0.2) is 0 Å². The molecule has 0 atom stereocenters. The quantitative estimate of drug-likeness (QED) is 0.565. The minimum absolute atomic E-state index is 0.131. The van der Waals surface area contributed by atoms with E-state index >= 15 is 0 Å². The Kier molecular flexibility index (Phi) is 5.90. The molecule has 1 aliphatic rings. The van der Waals surface area contributed by atoms with Crippen molar-refractivity contribution in [2.24, 2.45) is 0 Å². The Labute approximate surface area is 178 Å². The lowest BCUT2D eigenvalue weighted by Crippen LogP contribution is -2.14. The van der Waals surface area contributed by atoms with E-state index in [1.807, 2.05) is 49.4 Å². The van der Waals surface area contributed by atoms with Crippen molar-refractivity contribution in [2.45, 2.75) is 11.8 Å². The average Bonchev–Trinajstić information content (AvgIpc) is 3.20. The maximum absolute atomic E-state index is 12.4. The monoisotopic (exact) mass is 420 g/mol. The minimum atomic E-state index is -0.165. The molecule has 2 amide bonds. The Morgan fingerprint density at radius 3 is 2.57 bits per heavy atom. The van der Waals surface area contributed by atoms with Crippen LogP contribution in [-0.2, 0) is 4.79 Å². The summed E-state index contributed by atoms with van der Waals surface area (Å²) in [7, 11) is 0. The summed E-state index contributed by atoms with van der Waals surface area (Å²) < 4.78 is 10.6. The van der Waals surface area contributed by atoms with E-state index in [2.05, 4.69) is 10.6 Å². The number of nitrogens with one attached hydrogen (secondary N) is 2. The summed E-state index contributed by atoms with van der Waals surface area (Å²) in [6.45, 7) is 2.14. The molecular formula is C23H20N2O4S. The Morgan fingerprint density at radius 1 is 0.900 bits per heavy atom. The molecule has 152 valence electrons. The molecule has 3 aromatic carbocycles. The molecule has 4 rings (SSSR count). The first kappa shape index (κ1) is 19.8. The zero-order valence-electron chi connectivity index (χ0n) is 16.3. The minimum Gasteiger partial charge on any atom is -0.454 e. The number of anilines is 2. The van der Waals surface area contributed by atoms with E-state index in [0.29, 0.717) is 28.4 Å². The summed E-state index contributed by atoms with van der Waals surface area (Å²) in [6.07, 6.45) is 0. The Morgan fingerprint density at radius 2 is 1.70 bits per heavy atom. The van der Waals surface area contributed by atoms with Gasteiger partial charge in [0.2, 0.25) is 12.7 Å². The van der Waals surface area contributed by atoms with Crippen LogP contribution in [0.25, 0.3) is 0 Å². The first-order valence-corrected chi connectivity index (χ1v) is 10.4. The standard InChI is InChI=1S/C23H20N2O4S/c1-15-4-2-5-16(10-15)23(27)25-17-6-3-7-19(11-17)30-13-22(26)24-18-8-9-20-21(12-18)29-14-28-20/h2-12H,13-14H2,1H3,(H,24,26)(H,25,27). The summed E-state index contributed by atoms with van der Waals surface area (Å²) in [5.74, 6) is 1.24. The Balaban J connectivity index is 1.33. The van der Waals surface area contributed by atoms with Crippen LogP contribution in [0.2, 0.25) is 0 Å². The largest absolute Gasteiger partial charge is 0.454 e. The van der Waals surface area contributed by atoms with Crippen LogP contribution in [0.4, 0.5) is 11.4 Å². The van der Waals surface area contributed by atoms with Crippen LogP contribution in [0.15, 0.2) is 71.6 Å². The molecule has 2 N–H and O–H groups in total. The predicted molar refractivity (Wildman–Crippen MR) is 117 cm³/mol. The second-order valence-corrected chi connectivity index (χ2v) is 7.81. The van der Waals surface area contributed by atoms with Crippen LogP contribution < -0.4 is 20.1 Å². The molecule has 0 aromatic heterocycles. The second kappa shape index (κ2) is 8.92. The Bertz CT molecular complexity index is 1100. The molecule has 1 aliphatic heterocycles. The summed E-state index contributed by atoms with van der Waals surface area (Å²) in [6, 6.07) is 20.1. The summed E-state index contributed by atoms with van der Waals surface area (Å²) in [5.41, 5.74) is 2.98. The number of carbonyl (C=O) groups excluding carboxylic acids is 2. The highest BCUT2D eigenvalue weighted by Crippen LogP contribution is 2.34.